The number of aliphatic carboxylic acids is 1. The quantitative estimate of drug-likeness (QED) is 0.193. The van der Waals surface area contributed by atoms with Crippen LogP contribution in [0.4, 0.5) is 0 Å². The average molecular weight is 473 g/mol. The summed E-state index contributed by atoms with van der Waals surface area (Å²) in [7, 11) is 3.35. The van der Waals surface area contributed by atoms with Crippen LogP contribution in [0.5, 0.6) is 0 Å². The highest BCUT2D eigenvalue weighted by atomic mass is 32.2. The number of hydrogen-bond donors (Lipinski definition) is 1. The Balaban J connectivity index is 2.22. The van der Waals surface area contributed by atoms with E-state index in [1.165, 1.54) is 4.90 Å². The maximum Gasteiger partial charge on any atom is 0.307 e. The zero-order valence-corrected chi connectivity index (χ0v) is 20.9. The Morgan fingerprint density at radius 2 is 2.00 bits per heavy atom. The molecule has 0 amide bonds. The Bertz CT molecular complexity index is 884. The van der Waals surface area contributed by atoms with Crippen LogP contribution in [-0.2, 0) is 14.3 Å². The predicted octanol–water partition coefficient (Wildman–Crippen LogP) is 5.27. The lowest BCUT2D eigenvalue weighted by Gasteiger charge is -2.31. The summed E-state index contributed by atoms with van der Waals surface area (Å²) in [4.78, 5) is 16.5. The maximum absolute atomic E-state index is 11.3. The highest BCUT2D eigenvalue weighted by molar-refractivity contribution is 7.97. The molecule has 1 N–H and O–H groups in total. The maximum atomic E-state index is 11.3. The van der Waals surface area contributed by atoms with Gasteiger partial charge in [0.1, 0.15) is 0 Å². The first-order chi connectivity index (χ1) is 16.0. The lowest BCUT2D eigenvalue weighted by molar-refractivity contribution is -0.136. The number of rotatable bonds is 12. The number of hydrogen-bond acceptors (Lipinski definition) is 6. The standard InChI is InChI=1S/C26H36N2O4S/c1-5-8-21(17-20(2)22(19-27-3)18-26(29)30)24-9-6-7-10-25(24)33-28-13-11-23(12-14-28)32-16-15-31-4/h5-10,17,19,23H,11-16,18H2,1-4H3,(H,29,30)/b8-5-,21-17+,22-20+,27-19?. The van der Waals surface area contributed by atoms with Crippen molar-refractivity contribution >= 4 is 29.7 Å². The first-order valence-electron chi connectivity index (χ1n) is 11.3. The van der Waals surface area contributed by atoms with Gasteiger partial charge in [0, 0.05) is 38.4 Å². The van der Waals surface area contributed by atoms with Crippen molar-refractivity contribution in [2.24, 2.45) is 4.99 Å². The highest BCUT2D eigenvalue weighted by Crippen LogP contribution is 2.34. The Kier molecular flexibility index (Phi) is 12.2. The molecular weight excluding hydrogens is 436 g/mol. The second-order valence-electron chi connectivity index (χ2n) is 7.85. The summed E-state index contributed by atoms with van der Waals surface area (Å²) in [6, 6.07) is 8.36. The molecule has 1 aromatic carbocycles. The van der Waals surface area contributed by atoms with Gasteiger partial charge in [0.05, 0.1) is 25.7 Å². The molecule has 6 nitrogen and oxygen atoms in total. The second kappa shape index (κ2) is 14.9. The van der Waals surface area contributed by atoms with Gasteiger partial charge in [-0.25, -0.2) is 4.31 Å². The van der Waals surface area contributed by atoms with Crippen LogP contribution < -0.4 is 0 Å². The molecule has 7 heteroatoms. The topological polar surface area (TPSA) is 71.4 Å². The SMILES string of the molecule is C\C=C/C(=C\C(C)=C(\C=NC)CC(=O)O)c1ccccc1SN1CCC(OCCOC)CC1. The summed E-state index contributed by atoms with van der Waals surface area (Å²) in [5.74, 6) is -0.865. The third kappa shape index (κ3) is 9.29. The Morgan fingerprint density at radius 1 is 1.27 bits per heavy atom. The number of allylic oxidation sites excluding steroid dienone is 5. The number of methoxy groups -OCH3 is 1. The van der Waals surface area contributed by atoms with Crippen molar-refractivity contribution < 1.29 is 19.4 Å². The summed E-state index contributed by atoms with van der Waals surface area (Å²) in [5, 5.41) is 9.26. The molecule has 1 aromatic rings. The van der Waals surface area contributed by atoms with Crippen molar-refractivity contribution in [3.05, 3.63) is 59.2 Å². The molecule has 0 atom stereocenters. The zero-order chi connectivity index (χ0) is 24.1. The number of ether oxygens (including phenoxy) is 2. The molecule has 0 aliphatic carbocycles. The minimum Gasteiger partial charge on any atom is -0.481 e. The first kappa shape index (κ1) is 27.1. The third-order valence-corrected chi connectivity index (χ3v) is 6.49. The number of carboxylic acids is 1. The summed E-state index contributed by atoms with van der Waals surface area (Å²) >= 11 is 1.77. The van der Waals surface area contributed by atoms with E-state index in [9.17, 15) is 9.90 Å². The van der Waals surface area contributed by atoms with E-state index in [2.05, 4.69) is 39.6 Å². The Labute approximate surface area is 202 Å². The van der Waals surface area contributed by atoms with E-state index in [1.807, 2.05) is 26.0 Å². The molecule has 0 radical (unpaired) electrons. The van der Waals surface area contributed by atoms with Crippen molar-refractivity contribution in [2.45, 2.75) is 44.1 Å². The fourth-order valence-corrected chi connectivity index (χ4v) is 4.73. The second-order valence-corrected chi connectivity index (χ2v) is 8.98. The molecule has 1 aliphatic heterocycles. The normalized spacial score (nSPS) is 17.2. The number of benzene rings is 1. The van der Waals surface area contributed by atoms with Crippen LogP contribution >= 0.6 is 11.9 Å². The van der Waals surface area contributed by atoms with Crippen molar-refractivity contribution in [3.63, 3.8) is 0 Å². The van der Waals surface area contributed by atoms with Crippen LogP contribution in [0.1, 0.15) is 38.7 Å². The summed E-state index contributed by atoms with van der Waals surface area (Å²) in [5.41, 5.74) is 3.77. The Morgan fingerprint density at radius 3 is 2.64 bits per heavy atom. The molecule has 0 aromatic heterocycles. The highest BCUT2D eigenvalue weighted by Gasteiger charge is 2.21. The minimum absolute atomic E-state index is 0.0550. The van der Waals surface area contributed by atoms with Crippen LogP contribution in [0.3, 0.4) is 0 Å². The first-order valence-corrected chi connectivity index (χ1v) is 12.1. The van der Waals surface area contributed by atoms with E-state index in [-0.39, 0.29) is 6.42 Å². The van der Waals surface area contributed by atoms with E-state index in [4.69, 9.17) is 9.47 Å². The number of aliphatic imine (C=N–C) groups is 1. The summed E-state index contributed by atoms with van der Waals surface area (Å²) in [6.07, 6.45) is 10.0. The van der Waals surface area contributed by atoms with Crippen molar-refractivity contribution in [1.29, 1.82) is 0 Å². The molecule has 0 unspecified atom stereocenters. The monoisotopic (exact) mass is 472 g/mol. The molecule has 1 saturated heterocycles. The van der Waals surface area contributed by atoms with Crippen LogP contribution in [0.25, 0.3) is 5.57 Å². The van der Waals surface area contributed by atoms with E-state index >= 15 is 0 Å². The number of carboxylic acid groups (broad SMARTS) is 1. The summed E-state index contributed by atoms with van der Waals surface area (Å²) in [6.45, 7) is 7.14. The summed E-state index contributed by atoms with van der Waals surface area (Å²) < 4.78 is 13.4. The molecule has 0 bridgehead atoms. The fraction of sp³-hybridized carbons (Fsp3) is 0.462. The lowest BCUT2D eigenvalue weighted by atomic mass is 9.99. The lowest BCUT2D eigenvalue weighted by Crippen LogP contribution is -2.33. The fourth-order valence-electron chi connectivity index (χ4n) is 3.64. The molecule has 2 rings (SSSR count). The van der Waals surface area contributed by atoms with Gasteiger partial charge < -0.3 is 14.6 Å². The van der Waals surface area contributed by atoms with Gasteiger partial charge in [0.15, 0.2) is 0 Å². The molecule has 0 saturated carbocycles. The predicted molar refractivity (Wildman–Crippen MR) is 137 cm³/mol. The number of nitrogens with zero attached hydrogens (tertiary/aromatic N) is 2. The van der Waals surface area contributed by atoms with E-state index in [1.54, 1.807) is 32.3 Å². The molecule has 33 heavy (non-hydrogen) atoms. The van der Waals surface area contributed by atoms with E-state index in [0.29, 0.717) is 24.9 Å². The molecule has 1 fully saturated rings. The molecule has 1 aliphatic rings. The minimum atomic E-state index is -0.865. The zero-order valence-electron chi connectivity index (χ0n) is 20.1. The van der Waals surface area contributed by atoms with Crippen molar-refractivity contribution in [1.82, 2.24) is 4.31 Å². The third-order valence-electron chi connectivity index (χ3n) is 5.32. The molecule has 180 valence electrons. The van der Waals surface area contributed by atoms with Crippen LogP contribution in [0.15, 0.2) is 63.5 Å². The van der Waals surface area contributed by atoms with Gasteiger partial charge in [0.2, 0.25) is 0 Å². The average Bonchev–Trinajstić information content (AvgIpc) is 2.80. The van der Waals surface area contributed by atoms with Crippen LogP contribution in [-0.4, -0.2) is 68.2 Å². The van der Waals surface area contributed by atoms with E-state index < -0.39 is 5.97 Å². The molecule has 1 heterocycles. The van der Waals surface area contributed by atoms with Crippen molar-refractivity contribution in [3.8, 4) is 0 Å². The van der Waals surface area contributed by atoms with Crippen LogP contribution in [0, 0.1) is 0 Å². The number of piperidine rings is 1. The van der Waals surface area contributed by atoms with Crippen LogP contribution in [0.2, 0.25) is 0 Å². The van der Waals surface area contributed by atoms with Gasteiger partial charge in [-0.1, -0.05) is 36.4 Å². The van der Waals surface area contributed by atoms with Gasteiger partial charge >= 0.3 is 5.97 Å². The molecular formula is C26H36N2O4S. The van der Waals surface area contributed by atoms with Gasteiger partial charge in [-0.15, -0.1) is 0 Å². The van der Waals surface area contributed by atoms with Gasteiger partial charge in [-0.05, 0) is 67.0 Å². The smallest absolute Gasteiger partial charge is 0.307 e. The van der Waals surface area contributed by atoms with Gasteiger partial charge in [-0.2, -0.15) is 0 Å². The number of carbonyl (C=O) groups is 1. The van der Waals surface area contributed by atoms with Gasteiger partial charge in [-0.3, -0.25) is 9.79 Å². The van der Waals surface area contributed by atoms with Crippen molar-refractivity contribution in [2.75, 3.05) is 40.5 Å². The van der Waals surface area contributed by atoms with Gasteiger partial charge in [0.25, 0.3) is 0 Å². The largest absolute Gasteiger partial charge is 0.481 e. The molecule has 0 spiro atoms. The Hall–Kier alpha value is -2.19. The van der Waals surface area contributed by atoms with E-state index in [0.717, 1.165) is 42.6 Å².